The van der Waals surface area contributed by atoms with E-state index in [-0.39, 0.29) is 11.9 Å². The van der Waals surface area contributed by atoms with E-state index in [1.54, 1.807) is 12.1 Å². The van der Waals surface area contributed by atoms with Gasteiger partial charge in [0, 0.05) is 18.5 Å². The second kappa shape index (κ2) is 7.12. The van der Waals surface area contributed by atoms with Gasteiger partial charge >= 0.3 is 0 Å². The van der Waals surface area contributed by atoms with Gasteiger partial charge in [0.25, 0.3) is 5.91 Å². The molecule has 29 heavy (non-hydrogen) atoms. The summed E-state index contributed by atoms with van der Waals surface area (Å²) in [5, 5.41) is 19.5. The molecule has 1 aliphatic heterocycles. The van der Waals surface area contributed by atoms with Crippen molar-refractivity contribution in [3.05, 3.63) is 71.3 Å². The average Bonchev–Trinajstić information content (AvgIpc) is 3.39. The number of rotatable bonds is 4. The van der Waals surface area contributed by atoms with E-state index in [1.807, 2.05) is 17.0 Å². The van der Waals surface area contributed by atoms with Gasteiger partial charge in [0.15, 0.2) is 5.82 Å². The summed E-state index contributed by atoms with van der Waals surface area (Å²) in [6.07, 6.45) is 1.75. The highest BCUT2D eigenvalue weighted by Crippen LogP contribution is 2.24. The van der Waals surface area contributed by atoms with Crippen LogP contribution < -0.4 is 0 Å². The highest BCUT2D eigenvalue weighted by molar-refractivity contribution is 5.97. The number of nitrogens with one attached hydrogen (secondary N) is 1. The van der Waals surface area contributed by atoms with Crippen molar-refractivity contribution in [2.24, 2.45) is 0 Å². The first-order valence-electron chi connectivity index (χ1n) is 9.75. The lowest BCUT2D eigenvalue weighted by atomic mass is 10.1. The number of nitrogens with zero attached hydrogens (tertiary/aromatic N) is 6. The summed E-state index contributed by atoms with van der Waals surface area (Å²) in [7, 11) is 0. The molecule has 2 aromatic carbocycles. The van der Waals surface area contributed by atoms with Gasteiger partial charge in [0.1, 0.15) is 16.9 Å². The standard InChI is InChI=1S/C21H21N7O/c1-14-12-27(21(29)16-8-9-17-18(11-16)23-26-22-17)13-20-25-24-19(28(14)20)10-7-15-5-3-2-4-6-15/h2-6,8-9,11,14H,7,10,12-13H2,1H3,(H,22,23,26)/t14-/m0/s1. The number of carbonyl (C=O) groups is 1. The van der Waals surface area contributed by atoms with Gasteiger partial charge in [0.2, 0.25) is 0 Å². The average molecular weight is 387 g/mol. The van der Waals surface area contributed by atoms with Crippen molar-refractivity contribution in [1.82, 2.24) is 35.1 Å². The van der Waals surface area contributed by atoms with Gasteiger partial charge in [-0.3, -0.25) is 4.79 Å². The number of H-pyrrole nitrogens is 1. The molecular weight excluding hydrogens is 366 g/mol. The number of aromatic amines is 1. The maximum Gasteiger partial charge on any atom is 0.254 e. The van der Waals surface area contributed by atoms with Crippen molar-refractivity contribution in [3.63, 3.8) is 0 Å². The Morgan fingerprint density at radius 1 is 1.07 bits per heavy atom. The summed E-state index contributed by atoms with van der Waals surface area (Å²) in [4.78, 5) is 14.9. The molecule has 0 bridgehead atoms. The van der Waals surface area contributed by atoms with Crippen LogP contribution in [-0.2, 0) is 19.4 Å². The van der Waals surface area contributed by atoms with Crippen LogP contribution in [0.2, 0.25) is 0 Å². The zero-order valence-electron chi connectivity index (χ0n) is 16.1. The molecule has 8 heteroatoms. The van der Waals surface area contributed by atoms with E-state index in [4.69, 9.17) is 0 Å². The van der Waals surface area contributed by atoms with Crippen LogP contribution in [0.5, 0.6) is 0 Å². The van der Waals surface area contributed by atoms with Gasteiger partial charge in [-0.25, -0.2) is 0 Å². The quantitative estimate of drug-likeness (QED) is 0.581. The molecule has 0 radical (unpaired) electrons. The lowest BCUT2D eigenvalue weighted by molar-refractivity contribution is 0.0680. The van der Waals surface area contributed by atoms with E-state index in [0.717, 1.165) is 30.0 Å². The van der Waals surface area contributed by atoms with Crippen LogP contribution in [0.3, 0.4) is 0 Å². The molecule has 2 aromatic heterocycles. The molecule has 0 aliphatic carbocycles. The number of amides is 1. The molecule has 0 saturated heterocycles. The maximum absolute atomic E-state index is 13.0. The molecule has 3 heterocycles. The Hall–Kier alpha value is -3.55. The fraction of sp³-hybridized carbons (Fsp3) is 0.286. The molecule has 1 aliphatic rings. The van der Waals surface area contributed by atoms with Crippen LogP contribution in [0.15, 0.2) is 48.5 Å². The molecule has 0 spiro atoms. The lowest BCUT2D eigenvalue weighted by Gasteiger charge is -2.32. The monoisotopic (exact) mass is 387 g/mol. The van der Waals surface area contributed by atoms with Crippen molar-refractivity contribution < 1.29 is 4.79 Å². The summed E-state index contributed by atoms with van der Waals surface area (Å²) < 4.78 is 2.19. The number of aryl methyl sites for hydroxylation is 2. The molecule has 1 atom stereocenters. The zero-order valence-corrected chi connectivity index (χ0v) is 16.1. The van der Waals surface area contributed by atoms with Crippen molar-refractivity contribution in [1.29, 1.82) is 0 Å². The van der Waals surface area contributed by atoms with Gasteiger partial charge in [-0.1, -0.05) is 30.3 Å². The molecule has 8 nitrogen and oxygen atoms in total. The molecule has 1 amide bonds. The highest BCUT2D eigenvalue weighted by atomic mass is 16.2. The second-order valence-corrected chi connectivity index (χ2v) is 7.45. The van der Waals surface area contributed by atoms with Gasteiger partial charge < -0.3 is 9.47 Å². The Balaban J connectivity index is 1.34. The Bertz CT molecular complexity index is 1160. The predicted molar refractivity (Wildman–Crippen MR) is 107 cm³/mol. The normalized spacial score (nSPS) is 16.2. The Morgan fingerprint density at radius 2 is 1.90 bits per heavy atom. The van der Waals surface area contributed by atoms with Crippen molar-refractivity contribution >= 4 is 16.9 Å². The number of benzene rings is 2. The molecule has 146 valence electrons. The number of hydrogen-bond donors (Lipinski definition) is 1. The number of fused-ring (bicyclic) bond motifs is 2. The Kier molecular flexibility index (Phi) is 4.31. The summed E-state index contributed by atoms with van der Waals surface area (Å²) in [6, 6.07) is 15.9. The molecule has 5 rings (SSSR count). The molecular formula is C21H21N7O. The largest absolute Gasteiger partial charge is 0.329 e. The third kappa shape index (κ3) is 3.26. The van der Waals surface area contributed by atoms with Gasteiger partial charge in [-0.2, -0.15) is 15.4 Å². The van der Waals surface area contributed by atoms with Crippen molar-refractivity contribution in [2.75, 3.05) is 6.54 Å². The van der Waals surface area contributed by atoms with Gasteiger partial charge in [-0.05, 0) is 37.1 Å². The third-order valence-electron chi connectivity index (χ3n) is 5.43. The molecule has 0 fully saturated rings. The van der Waals surface area contributed by atoms with E-state index >= 15 is 0 Å². The minimum Gasteiger partial charge on any atom is -0.329 e. The SMILES string of the molecule is C[C@H]1CN(C(=O)c2ccc3n[nH]nc3c2)Cc2nnc(CCc3ccccc3)n21. The summed E-state index contributed by atoms with van der Waals surface area (Å²) in [5.41, 5.74) is 3.33. The van der Waals surface area contributed by atoms with Crippen molar-refractivity contribution in [2.45, 2.75) is 32.4 Å². The van der Waals surface area contributed by atoms with Crippen LogP contribution in [-0.4, -0.2) is 47.5 Å². The fourth-order valence-corrected chi connectivity index (χ4v) is 4.00. The minimum atomic E-state index is -0.0261. The lowest BCUT2D eigenvalue weighted by Crippen LogP contribution is -2.40. The van der Waals surface area contributed by atoms with Crippen LogP contribution in [0.25, 0.3) is 11.0 Å². The second-order valence-electron chi connectivity index (χ2n) is 7.45. The molecule has 0 saturated carbocycles. The van der Waals surface area contributed by atoms with Crippen LogP contribution in [0, 0.1) is 0 Å². The van der Waals surface area contributed by atoms with E-state index in [9.17, 15) is 4.79 Å². The predicted octanol–water partition coefficient (Wildman–Crippen LogP) is 2.55. The van der Waals surface area contributed by atoms with Crippen LogP contribution in [0.4, 0.5) is 0 Å². The van der Waals surface area contributed by atoms with Crippen LogP contribution >= 0.6 is 0 Å². The first kappa shape index (κ1) is 17.5. The highest BCUT2D eigenvalue weighted by Gasteiger charge is 2.29. The fourth-order valence-electron chi connectivity index (χ4n) is 4.00. The van der Waals surface area contributed by atoms with Crippen molar-refractivity contribution in [3.8, 4) is 0 Å². The summed E-state index contributed by atoms with van der Waals surface area (Å²) in [6.45, 7) is 3.19. The van der Waals surface area contributed by atoms with E-state index in [0.29, 0.717) is 24.2 Å². The third-order valence-corrected chi connectivity index (χ3v) is 5.43. The zero-order chi connectivity index (χ0) is 19.8. The first-order valence-corrected chi connectivity index (χ1v) is 9.75. The van der Waals surface area contributed by atoms with Gasteiger partial charge in [0.05, 0.1) is 12.6 Å². The number of carbonyl (C=O) groups excluding carboxylic acids is 1. The Morgan fingerprint density at radius 3 is 2.76 bits per heavy atom. The molecule has 4 aromatic rings. The van der Waals surface area contributed by atoms with E-state index in [1.165, 1.54) is 5.56 Å². The number of aromatic nitrogens is 6. The molecule has 1 N–H and O–H groups in total. The topological polar surface area (TPSA) is 92.6 Å². The smallest absolute Gasteiger partial charge is 0.254 e. The van der Waals surface area contributed by atoms with Crippen LogP contribution in [0.1, 0.15) is 40.5 Å². The maximum atomic E-state index is 13.0. The summed E-state index contributed by atoms with van der Waals surface area (Å²) >= 11 is 0. The molecule has 0 unspecified atom stereocenters. The number of hydrogen-bond acceptors (Lipinski definition) is 5. The summed E-state index contributed by atoms with van der Waals surface area (Å²) in [5.74, 6) is 1.79. The Labute approximate surface area is 167 Å². The van der Waals surface area contributed by atoms with E-state index < -0.39 is 0 Å². The first-order chi connectivity index (χ1) is 14.2. The van der Waals surface area contributed by atoms with Gasteiger partial charge in [-0.15, -0.1) is 10.2 Å². The van der Waals surface area contributed by atoms with E-state index in [2.05, 4.69) is 61.4 Å². The minimum absolute atomic E-state index is 0.0261.